The summed E-state index contributed by atoms with van der Waals surface area (Å²) in [5.41, 5.74) is 5.33. The van der Waals surface area contributed by atoms with Gasteiger partial charge in [-0.1, -0.05) is 18.3 Å². The molecule has 0 aromatic heterocycles. The van der Waals surface area contributed by atoms with Gasteiger partial charge in [-0.15, -0.1) is 0 Å². The lowest BCUT2D eigenvalue weighted by atomic mass is 9.68. The van der Waals surface area contributed by atoms with E-state index >= 15 is 0 Å². The second-order valence-corrected chi connectivity index (χ2v) is 9.87. The number of nitrogens with one attached hydrogen (secondary N) is 1. The molecule has 1 unspecified atom stereocenters. The van der Waals surface area contributed by atoms with Crippen molar-refractivity contribution in [3.05, 3.63) is 23.3 Å². The summed E-state index contributed by atoms with van der Waals surface area (Å²) in [6.45, 7) is -0.647. The van der Waals surface area contributed by atoms with Gasteiger partial charge >= 0.3 is 12.7 Å². The first-order valence-corrected chi connectivity index (χ1v) is 11.1. The Morgan fingerprint density at radius 1 is 1.32 bits per heavy atom. The molecule has 2 heterocycles. The maximum Gasteiger partial charge on any atom is 0.434 e. The van der Waals surface area contributed by atoms with Crippen LogP contribution in [0.4, 0.5) is 0 Å². The topological polar surface area (TPSA) is 175 Å². The van der Waals surface area contributed by atoms with Crippen molar-refractivity contribution in [2.75, 3.05) is 40.3 Å². The Kier molecular flexibility index (Phi) is 6.01. The smallest absolute Gasteiger partial charge is 0.434 e. The maximum atomic E-state index is 12.4. The summed E-state index contributed by atoms with van der Waals surface area (Å²) in [5, 5.41) is 32.6. The summed E-state index contributed by atoms with van der Waals surface area (Å²) >= 11 is 0. The minimum atomic E-state index is -3.11. The first kappa shape index (κ1) is 24.3. The molecule has 3 atom stereocenters. The number of amides is 2. The van der Waals surface area contributed by atoms with Crippen molar-refractivity contribution >= 4 is 24.5 Å². The Morgan fingerprint density at radius 3 is 2.62 bits per heavy atom. The van der Waals surface area contributed by atoms with Gasteiger partial charge < -0.3 is 40.5 Å². The highest BCUT2D eigenvalue weighted by Crippen LogP contribution is 2.63. The van der Waals surface area contributed by atoms with Crippen molar-refractivity contribution in [3.8, 4) is 11.5 Å². The third-order valence-corrected chi connectivity index (χ3v) is 6.64. The number of carboxylic acids is 1. The first-order valence-electron chi connectivity index (χ1n) is 11.1. The van der Waals surface area contributed by atoms with Crippen molar-refractivity contribution in [3.63, 3.8) is 0 Å². The molecule has 1 aromatic carbocycles. The van der Waals surface area contributed by atoms with Gasteiger partial charge in [0, 0.05) is 33.7 Å². The summed E-state index contributed by atoms with van der Waals surface area (Å²) < 4.78 is 11.2. The molecule has 4 rings (SSSR count). The standard InChI is InChI=1S/C21H30BN4O8/c1-21(23,20(30)24-7-16(27)25(2)3)10-26-8-11(9-26)33-15-5-4-12-13-6-14(13)22(31,32)34-18(12)17(15)19(28)29/h4-5,11,13-14,31-32H,6-10,23H2,1-3H3,(H,24,30)(H,28,29)/q-1/t13-,14-,21?/m1/s1. The molecule has 2 aliphatic heterocycles. The number of hydrogen-bond acceptors (Lipinski definition) is 9. The molecule has 0 bridgehead atoms. The van der Waals surface area contributed by atoms with Gasteiger partial charge in [0.15, 0.2) is 0 Å². The predicted molar refractivity (Wildman–Crippen MR) is 120 cm³/mol. The number of nitrogens with zero attached hydrogens (tertiary/aromatic N) is 2. The number of aromatic carboxylic acids is 1. The SMILES string of the molecule is CN(C)C(=O)CNC(=O)C(C)(N)CN1CC(Oc2ccc3c(c2C(=O)O)O[B-](O)(O)[C@@H]2C[C@H]32)C1. The molecule has 3 aliphatic rings. The number of benzene rings is 1. The zero-order valence-corrected chi connectivity index (χ0v) is 19.4. The number of rotatable bonds is 8. The van der Waals surface area contributed by atoms with E-state index in [1.165, 1.54) is 4.90 Å². The molecule has 186 valence electrons. The van der Waals surface area contributed by atoms with Crippen LogP contribution in [0.15, 0.2) is 12.1 Å². The highest BCUT2D eigenvalue weighted by molar-refractivity contribution is 6.62. The summed E-state index contributed by atoms with van der Waals surface area (Å²) in [5.74, 6) is -2.50. The summed E-state index contributed by atoms with van der Waals surface area (Å²) in [6.07, 6.45) is 0.187. The van der Waals surface area contributed by atoms with Gasteiger partial charge in [0.25, 0.3) is 0 Å². The third-order valence-electron chi connectivity index (χ3n) is 6.64. The fourth-order valence-electron chi connectivity index (χ4n) is 4.57. The van der Waals surface area contributed by atoms with E-state index in [9.17, 15) is 29.5 Å². The number of fused-ring (bicyclic) bond motifs is 3. The molecule has 1 saturated heterocycles. The number of carbonyl (C=O) groups is 3. The van der Waals surface area contributed by atoms with Crippen LogP contribution in [0.5, 0.6) is 11.5 Å². The zero-order chi connectivity index (χ0) is 25.0. The van der Waals surface area contributed by atoms with Gasteiger partial charge in [0.1, 0.15) is 23.0 Å². The molecule has 12 nitrogen and oxygen atoms in total. The van der Waals surface area contributed by atoms with Crippen LogP contribution in [0.3, 0.4) is 0 Å². The minimum Gasteiger partial charge on any atom is -0.669 e. The quantitative estimate of drug-likeness (QED) is 0.279. The van der Waals surface area contributed by atoms with Crippen molar-refractivity contribution in [1.82, 2.24) is 15.1 Å². The second kappa shape index (κ2) is 8.41. The van der Waals surface area contributed by atoms with Gasteiger partial charge in [-0.25, -0.2) is 4.79 Å². The van der Waals surface area contributed by atoms with Crippen molar-refractivity contribution < 1.29 is 38.9 Å². The van der Waals surface area contributed by atoms with Crippen molar-refractivity contribution in [2.45, 2.75) is 36.7 Å². The molecule has 1 aliphatic carbocycles. The van der Waals surface area contributed by atoms with Crippen LogP contribution in [0.25, 0.3) is 0 Å². The summed E-state index contributed by atoms with van der Waals surface area (Å²) in [4.78, 5) is 39.3. The number of carboxylic acid groups (broad SMARTS) is 1. The average Bonchev–Trinajstić information content (AvgIpc) is 3.51. The van der Waals surface area contributed by atoms with Crippen LogP contribution < -0.4 is 20.4 Å². The number of likely N-dealkylation sites (tertiary alicyclic amines) is 1. The van der Waals surface area contributed by atoms with E-state index in [4.69, 9.17) is 15.1 Å². The molecule has 2 fully saturated rings. The summed E-state index contributed by atoms with van der Waals surface area (Å²) in [6, 6.07) is 3.28. The van der Waals surface area contributed by atoms with Crippen LogP contribution in [0, 0.1) is 0 Å². The highest BCUT2D eigenvalue weighted by Gasteiger charge is 2.55. The predicted octanol–water partition coefficient (Wildman–Crippen LogP) is -1.46. The number of likely N-dealkylation sites (N-methyl/N-ethyl adjacent to an activating group) is 1. The van der Waals surface area contributed by atoms with E-state index in [0.29, 0.717) is 25.1 Å². The normalized spacial score (nSPS) is 24.4. The molecular formula is C21H30BN4O8-. The van der Waals surface area contributed by atoms with Crippen LogP contribution >= 0.6 is 0 Å². The van der Waals surface area contributed by atoms with E-state index < -0.39 is 30.0 Å². The molecular weight excluding hydrogens is 447 g/mol. The molecule has 13 heteroatoms. The van der Waals surface area contributed by atoms with Gasteiger partial charge in [0.05, 0.1) is 12.3 Å². The van der Waals surface area contributed by atoms with E-state index in [1.54, 1.807) is 33.2 Å². The van der Waals surface area contributed by atoms with Crippen LogP contribution in [-0.4, -0.2) is 101 Å². The van der Waals surface area contributed by atoms with Gasteiger partial charge in [0.2, 0.25) is 11.8 Å². The maximum absolute atomic E-state index is 12.4. The average molecular weight is 477 g/mol. The zero-order valence-electron chi connectivity index (χ0n) is 19.4. The fraction of sp³-hybridized carbons (Fsp3) is 0.571. The minimum absolute atomic E-state index is 0.0524. The Bertz CT molecular complexity index is 1020. The number of nitrogens with two attached hydrogens (primary N) is 1. The largest absolute Gasteiger partial charge is 0.669 e. The molecule has 1 saturated carbocycles. The van der Waals surface area contributed by atoms with Gasteiger partial charge in [-0.05, 0) is 24.5 Å². The Hall–Kier alpha value is -2.87. The Balaban J connectivity index is 1.36. The number of carbonyl (C=O) groups excluding carboxylic acids is 2. The second-order valence-electron chi connectivity index (χ2n) is 9.87. The van der Waals surface area contributed by atoms with Crippen LogP contribution in [-0.2, 0) is 9.59 Å². The molecule has 6 N–H and O–H groups in total. The highest BCUT2D eigenvalue weighted by atomic mass is 16.6. The van der Waals surface area contributed by atoms with Crippen LogP contribution in [0.1, 0.15) is 35.2 Å². The number of hydrogen-bond donors (Lipinski definition) is 5. The van der Waals surface area contributed by atoms with E-state index in [-0.39, 0.29) is 48.1 Å². The molecule has 0 spiro atoms. The Morgan fingerprint density at radius 2 is 2.00 bits per heavy atom. The number of ether oxygens (including phenoxy) is 1. The molecule has 1 aromatic rings. The van der Waals surface area contributed by atoms with Gasteiger partial charge in [-0.2, -0.15) is 0 Å². The van der Waals surface area contributed by atoms with E-state index in [0.717, 1.165) is 0 Å². The first-order chi connectivity index (χ1) is 15.8. The lowest BCUT2D eigenvalue weighted by molar-refractivity contribution is -0.133. The Labute approximate surface area is 196 Å². The lowest BCUT2D eigenvalue weighted by Gasteiger charge is -2.43. The monoisotopic (exact) mass is 477 g/mol. The third kappa shape index (κ3) is 4.56. The van der Waals surface area contributed by atoms with E-state index in [1.807, 2.05) is 4.90 Å². The lowest BCUT2D eigenvalue weighted by Crippen LogP contribution is -2.64. The van der Waals surface area contributed by atoms with Crippen molar-refractivity contribution in [2.24, 2.45) is 5.73 Å². The van der Waals surface area contributed by atoms with Crippen molar-refractivity contribution in [1.29, 1.82) is 0 Å². The molecule has 2 amide bonds. The van der Waals surface area contributed by atoms with Gasteiger partial charge in [-0.3, -0.25) is 14.5 Å². The summed E-state index contributed by atoms with van der Waals surface area (Å²) in [7, 11) is 3.18. The molecule has 0 radical (unpaired) electrons. The fourth-order valence-corrected chi connectivity index (χ4v) is 4.57. The van der Waals surface area contributed by atoms with E-state index in [2.05, 4.69) is 5.32 Å². The molecule has 34 heavy (non-hydrogen) atoms. The van der Waals surface area contributed by atoms with Crippen LogP contribution in [0.2, 0.25) is 5.82 Å².